The Hall–Kier alpha value is -3.92. The highest BCUT2D eigenvalue weighted by atomic mass is 16.4. The number of hydrogen-bond acceptors (Lipinski definition) is 6. The molecule has 10 nitrogen and oxygen atoms in total. The minimum absolute atomic E-state index is 0.0134. The first kappa shape index (κ1) is 24.4. The molecular formula is C22H26N4O6. The first-order valence-corrected chi connectivity index (χ1v) is 9.85. The highest BCUT2D eigenvalue weighted by molar-refractivity contribution is 5.94. The van der Waals surface area contributed by atoms with E-state index in [0.717, 1.165) is 0 Å². The average molecular weight is 442 g/mol. The van der Waals surface area contributed by atoms with Crippen molar-refractivity contribution >= 4 is 23.7 Å². The number of carboxylic acid groups (broad SMARTS) is 1. The van der Waals surface area contributed by atoms with Crippen LogP contribution in [0.5, 0.6) is 5.75 Å². The van der Waals surface area contributed by atoms with Crippen LogP contribution in [0.3, 0.4) is 0 Å². The van der Waals surface area contributed by atoms with E-state index in [1.807, 2.05) is 0 Å². The van der Waals surface area contributed by atoms with Crippen LogP contribution in [0.4, 0.5) is 0 Å². The molecule has 0 heterocycles. The van der Waals surface area contributed by atoms with Gasteiger partial charge >= 0.3 is 5.97 Å². The van der Waals surface area contributed by atoms with E-state index in [4.69, 9.17) is 11.5 Å². The summed E-state index contributed by atoms with van der Waals surface area (Å²) >= 11 is 0. The number of phenolic OH excluding ortho intramolecular Hbond substituents is 1. The number of carbonyl (C=O) groups excluding carboxylic acids is 3. The number of rotatable bonds is 11. The molecular weight excluding hydrogens is 416 g/mol. The first-order valence-electron chi connectivity index (χ1n) is 9.85. The van der Waals surface area contributed by atoms with Gasteiger partial charge in [0.2, 0.25) is 17.7 Å². The maximum Gasteiger partial charge on any atom is 0.326 e. The van der Waals surface area contributed by atoms with Gasteiger partial charge in [-0.1, -0.05) is 42.5 Å². The van der Waals surface area contributed by atoms with Crippen LogP contribution in [0.1, 0.15) is 17.5 Å². The maximum atomic E-state index is 12.7. The number of nitrogens with two attached hydrogens (primary N) is 2. The lowest BCUT2D eigenvalue weighted by atomic mass is 10.0. The van der Waals surface area contributed by atoms with Crippen molar-refractivity contribution in [2.75, 3.05) is 0 Å². The van der Waals surface area contributed by atoms with E-state index in [2.05, 4.69) is 10.6 Å². The van der Waals surface area contributed by atoms with Crippen LogP contribution in [-0.2, 0) is 32.0 Å². The monoisotopic (exact) mass is 442 g/mol. The van der Waals surface area contributed by atoms with Crippen molar-refractivity contribution in [3.8, 4) is 5.75 Å². The molecule has 3 amide bonds. The molecule has 0 spiro atoms. The number of carboxylic acids is 1. The third-order valence-corrected chi connectivity index (χ3v) is 4.66. The van der Waals surface area contributed by atoms with E-state index in [-0.39, 0.29) is 18.6 Å². The van der Waals surface area contributed by atoms with Crippen molar-refractivity contribution < 1.29 is 29.4 Å². The molecule has 0 saturated heterocycles. The predicted molar refractivity (Wildman–Crippen MR) is 115 cm³/mol. The lowest BCUT2D eigenvalue weighted by Gasteiger charge is -2.22. The van der Waals surface area contributed by atoms with Gasteiger partial charge < -0.3 is 32.3 Å². The average Bonchev–Trinajstić information content (AvgIpc) is 2.74. The van der Waals surface area contributed by atoms with E-state index < -0.39 is 48.2 Å². The lowest BCUT2D eigenvalue weighted by molar-refractivity contribution is -0.142. The second-order valence-corrected chi connectivity index (χ2v) is 7.30. The van der Waals surface area contributed by atoms with Crippen LogP contribution < -0.4 is 22.1 Å². The Kier molecular flexibility index (Phi) is 8.72. The van der Waals surface area contributed by atoms with E-state index in [1.54, 1.807) is 42.5 Å². The lowest BCUT2D eigenvalue weighted by Crippen LogP contribution is -2.56. The Labute approximate surface area is 184 Å². The van der Waals surface area contributed by atoms with Gasteiger partial charge in [0.05, 0.1) is 12.5 Å². The number of aromatic hydroxyl groups is 1. The molecule has 0 aliphatic heterocycles. The molecule has 10 heteroatoms. The van der Waals surface area contributed by atoms with Gasteiger partial charge in [0.15, 0.2) is 0 Å². The van der Waals surface area contributed by atoms with Gasteiger partial charge in [-0.15, -0.1) is 0 Å². The fourth-order valence-electron chi connectivity index (χ4n) is 2.99. The first-order chi connectivity index (χ1) is 15.2. The highest BCUT2D eigenvalue weighted by Gasteiger charge is 2.29. The molecule has 0 aliphatic carbocycles. The fourth-order valence-corrected chi connectivity index (χ4v) is 2.99. The van der Waals surface area contributed by atoms with Crippen LogP contribution in [-0.4, -0.2) is 52.0 Å². The van der Waals surface area contributed by atoms with Gasteiger partial charge in [-0.05, 0) is 29.7 Å². The van der Waals surface area contributed by atoms with E-state index in [1.165, 1.54) is 12.1 Å². The maximum absolute atomic E-state index is 12.7. The molecule has 0 radical (unpaired) electrons. The largest absolute Gasteiger partial charge is 0.508 e. The third kappa shape index (κ3) is 7.73. The topological polar surface area (TPSA) is 185 Å². The summed E-state index contributed by atoms with van der Waals surface area (Å²) in [4.78, 5) is 48.2. The smallest absolute Gasteiger partial charge is 0.326 e. The molecule has 0 aromatic heterocycles. The minimum Gasteiger partial charge on any atom is -0.508 e. The quantitative estimate of drug-likeness (QED) is 0.269. The SMILES string of the molecule is NC(=O)C[C@H](NC(=O)[C@@H](N)Cc1ccc(O)cc1)C(=O)N[C@@H](Cc1ccccc1)C(=O)O. The number of amides is 3. The van der Waals surface area contributed by atoms with Gasteiger partial charge in [-0.2, -0.15) is 0 Å². The second kappa shape index (κ2) is 11.5. The Balaban J connectivity index is 2.05. The molecule has 0 aliphatic rings. The number of phenols is 1. The van der Waals surface area contributed by atoms with Crippen LogP contribution >= 0.6 is 0 Å². The predicted octanol–water partition coefficient (Wildman–Crippen LogP) is -0.566. The van der Waals surface area contributed by atoms with Crippen molar-refractivity contribution in [2.24, 2.45) is 11.5 Å². The fraction of sp³-hybridized carbons (Fsp3) is 0.273. The Morgan fingerprint density at radius 1 is 0.812 bits per heavy atom. The Morgan fingerprint density at radius 2 is 1.38 bits per heavy atom. The molecule has 3 atom stereocenters. The van der Waals surface area contributed by atoms with Crippen LogP contribution in [0.2, 0.25) is 0 Å². The number of hydrogen-bond donors (Lipinski definition) is 6. The number of carbonyl (C=O) groups is 4. The van der Waals surface area contributed by atoms with Gasteiger partial charge in [0.25, 0.3) is 0 Å². The summed E-state index contributed by atoms with van der Waals surface area (Å²) in [6, 6.07) is 11.0. The summed E-state index contributed by atoms with van der Waals surface area (Å²) < 4.78 is 0. The molecule has 0 saturated carbocycles. The Morgan fingerprint density at radius 3 is 1.94 bits per heavy atom. The minimum atomic E-state index is -1.39. The zero-order valence-corrected chi connectivity index (χ0v) is 17.2. The molecule has 0 fully saturated rings. The van der Waals surface area contributed by atoms with Crippen molar-refractivity contribution in [3.05, 3.63) is 65.7 Å². The van der Waals surface area contributed by atoms with Gasteiger partial charge in [0, 0.05) is 6.42 Å². The summed E-state index contributed by atoms with van der Waals surface area (Å²) in [6.45, 7) is 0. The van der Waals surface area contributed by atoms with Crippen LogP contribution in [0.15, 0.2) is 54.6 Å². The standard InChI is InChI=1S/C22H26N4O6/c23-16(10-14-6-8-15(27)9-7-14)20(29)25-17(12-19(24)28)21(30)26-18(22(31)32)11-13-4-2-1-3-5-13/h1-9,16-18,27H,10-12,23H2,(H2,24,28)(H,25,29)(H,26,30)(H,31,32)/t16-,17-,18-/m0/s1. The molecule has 8 N–H and O–H groups in total. The van der Waals surface area contributed by atoms with Gasteiger partial charge in [-0.3, -0.25) is 14.4 Å². The normalized spacial score (nSPS) is 13.4. The molecule has 0 bridgehead atoms. The van der Waals surface area contributed by atoms with Gasteiger partial charge in [-0.25, -0.2) is 4.79 Å². The summed E-state index contributed by atoms with van der Waals surface area (Å²) in [6.07, 6.45) is -0.399. The summed E-state index contributed by atoms with van der Waals surface area (Å²) in [7, 11) is 0. The summed E-state index contributed by atoms with van der Waals surface area (Å²) in [5.74, 6) is -3.64. The number of benzene rings is 2. The van der Waals surface area contributed by atoms with E-state index in [9.17, 15) is 29.4 Å². The van der Waals surface area contributed by atoms with Crippen molar-refractivity contribution in [3.63, 3.8) is 0 Å². The number of nitrogens with one attached hydrogen (secondary N) is 2. The Bertz CT molecular complexity index is 949. The second-order valence-electron chi connectivity index (χ2n) is 7.30. The highest BCUT2D eigenvalue weighted by Crippen LogP contribution is 2.11. The zero-order chi connectivity index (χ0) is 23.7. The van der Waals surface area contributed by atoms with Crippen LogP contribution in [0.25, 0.3) is 0 Å². The number of primary amides is 1. The third-order valence-electron chi connectivity index (χ3n) is 4.66. The van der Waals surface area contributed by atoms with Crippen LogP contribution in [0, 0.1) is 0 Å². The molecule has 0 unspecified atom stereocenters. The molecule has 2 aromatic carbocycles. The van der Waals surface area contributed by atoms with Crippen molar-refractivity contribution in [1.82, 2.24) is 10.6 Å². The van der Waals surface area contributed by atoms with E-state index >= 15 is 0 Å². The summed E-state index contributed by atoms with van der Waals surface area (Å²) in [5.41, 5.74) is 12.5. The zero-order valence-electron chi connectivity index (χ0n) is 17.2. The van der Waals surface area contributed by atoms with Crippen molar-refractivity contribution in [1.29, 1.82) is 0 Å². The van der Waals surface area contributed by atoms with E-state index in [0.29, 0.717) is 11.1 Å². The summed E-state index contributed by atoms with van der Waals surface area (Å²) in [5, 5.41) is 23.5. The number of aliphatic carboxylic acids is 1. The molecule has 2 rings (SSSR count). The van der Waals surface area contributed by atoms with Gasteiger partial charge in [0.1, 0.15) is 17.8 Å². The molecule has 2 aromatic rings. The molecule has 32 heavy (non-hydrogen) atoms. The molecule has 170 valence electrons. The van der Waals surface area contributed by atoms with Crippen molar-refractivity contribution in [2.45, 2.75) is 37.4 Å².